The van der Waals surface area contributed by atoms with Gasteiger partial charge in [0, 0.05) is 6.42 Å². The molecular formula is C37H72N2O6P+. The fourth-order valence-corrected chi connectivity index (χ4v) is 5.62. The lowest BCUT2D eigenvalue weighted by atomic mass is 10.0. The first-order valence-electron chi connectivity index (χ1n) is 18.4. The number of nitrogens with one attached hydrogen (secondary N) is 1. The van der Waals surface area contributed by atoms with Gasteiger partial charge in [-0.15, -0.1) is 0 Å². The van der Waals surface area contributed by atoms with Gasteiger partial charge in [-0.05, 0) is 44.9 Å². The Hall–Kier alpha value is -1.28. The molecule has 0 saturated carbocycles. The summed E-state index contributed by atoms with van der Waals surface area (Å²) in [7, 11) is 1.53. The van der Waals surface area contributed by atoms with Crippen molar-refractivity contribution in [3.05, 3.63) is 36.5 Å². The second-order valence-electron chi connectivity index (χ2n) is 13.6. The zero-order valence-corrected chi connectivity index (χ0v) is 31.2. The molecule has 0 aromatic carbocycles. The highest BCUT2D eigenvalue weighted by Gasteiger charge is 2.27. The van der Waals surface area contributed by atoms with E-state index in [2.05, 4.69) is 36.5 Å². The summed E-state index contributed by atoms with van der Waals surface area (Å²) in [6.07, 6.45) is 35.2. The summed E-state index contributed by atoms with van der Waals surface area (Å²) in [6, 6.07) is -0.861. The molecule has 0 bridgehead atoms. The third kappa shape index (κ3) is 31.3. The SMILES string of the molecule is CCCCCCCCCCCCCCC/C=C/CC/C=C/CC/C=C/C(O)C(COP(=O)(O)OCC[N+](C)(C)C)NC(=O)CCC. The number of aliphatic hydroxyl groups excluding tert-OH is 1. The van der Waals surface area contributed by atoms with Crippen molar-refractivity contribution in [1.29, 1.82) is 0 Å². The summed E-state index contributed by atoms with van der Waals surface area (Å²) in [6.45, 7) is 4.40. The predicted molar refractivity (Wildman–Crippen MR) is 194 cm³/mol. The van der Waals surface area contributed by atoms with Gasteiger partial charge in [0.2, 0.25) is 5.91 Å². The van der Waals surface area contributed by atoms with Crippen LogP contribution in [0, 0.1) is 0 Å². The highest BCUT2D eigenvalue weighted by Crippen LogP contribution is 2.43. The fourth-order valence-electron chi connectivity index (χ4n) is 4.88. The van der Waals surface area contributed by atoms with Gasteiger partial charge in [-0.2, -0.15) is 0 Å². The number of nitrogens with zero attached hydrogens (tertiary/aromatic N) is 1. The number of aliphatic hydroxyl groups is 1. The lowest BCUT2D eigenvalue weighted by Gasteiger charge is -2.25. The lowest BCUT2D eigenvalue weighted by molar-refractivity contribution is -0.870. The molecule has 8 nitrogen and oxygen atoms in total. The molecule has 0 saturated heterocycles. The number of quaternary nitrogens is 1. The molecule has 0 fully saturated rings. The minimum Gasteiger partial charge on any atom is -0.387 e. The number of hydrogen-bond acceptors (Lipinski definition) is 5. The molecule has 0 aliphatic rings. The summed E-state index contributed by atoms with van der Waals surface area (Å²) in [5.74, 6) is -0.247. The van der Waals surface area contributed by atoms with Gasteiger partial charge >= 0.3 is 7.82 Å². The molecule has 0 aromatic heterocycles. The van der Waals surface area contributed by atoms with Crippen molar-refractivity contribution >= 4 is 13.7 Å². The molecule has 0 aliphatic carbocycles. The molecule has 0 radical (unpaired) electrons. The summed E-state index contributed by atoms with van der Waals surface area (Å²) in [4.78, 5) is 22.2. The molecule has 0 spiro atoms. The maximum absolute atomic E-state index is 12.3. The van der Waals surface area contributed by atoms with Crippen molar-refractivity contribution in [3.63, 3.8) is 0 Å². The molecule has 270 valence electrons. The molecule has 3 atom stereocenters. The van der Waals surface area contributed by atoms with Gasteiger partial charge in [0.05, 0.1) is 39.9 Å². The molecule has 1 amide bonds. The Morgan fingerprint density at radius 2 is 1.20 bits per heavy atom. The number of hydrogen-bond donors (Lipinski definition) is 3. The van der Waals surface area contributed by atoms with Gasteiger partial charge in [0.25, 0.3) is 0 Å². The van der Waals surface area contributed by atoms with Crippen molar-refractivity contribution in [3.8, 4) is 0 Å². The van der Waals surface area contributed by atoms with Crippen LogP contribution < -0.4 is 5.32 Å². The Labute approximate surface area is 283 Å². The van der Waals surface area contributed by atoms with Crippen LogP contribution in [-0.4, -0.2) is 73.4 Å². The third-order valence-electron chi connectivity index (χ3n) is 7.81. The van der Waals surface area contributed by atoms with Crippen LogP contribution in [0.4, 0.5) is 0 Å². The number of phosphoric ester groups is 1. The van der Waals surface area contributed by atoms with Crippen molar-refractivity contribution in [2.45, 2.75) is 154 Å². The number of amides is 1. The van der Waals surface area contributed by atoms with Crippen molar-refractivity contribution < 1.29 is 32.9 Å². The first-order chi connectivity index (χ1) is 22.0. The van der Waals surface area contributed by atoms with Crippen molar-refractivity contribution in [1.82, 2.24) is 5.32 Å². The summed E-state index contributed by atoms with van der Waals surface area (Å²) in [5.41, 5.74) is 0. The van der Waals surface area contributed by atoms with Gasteiger partial charge in [-0.25, -0.2) is 4.57 Å². The van der Waals surface area contributed by atoms with E-state index in [1.807, 2.05) is 34.1 Å². The largest absolute Gasteiger partial charge is 0.472 e. The fraction of sp³-hybridized carbons (Fsp3) is 0.811. The first kappa shape index (κ1) is 44.7. The monoisotopic (exact) mass is 672 g/mol. The quantitative estimate of drug-likeness (QED) is 0.0285. The molecule has 0 rings (SSSR count). The van der Waals surface area contributed by atoms with Crippen LogP contribution in [0.1, 0.15) is 142 Å². The van der Waals surface area contributed by atoms with E-state index in [1.54, 1.807) is 6.08 Å². The van der Waals surface area contributed by atoms with E-state index < -0.39 is 20.0 Å². The number of carbonyl (C=O) groups is 1. The maximum Gasteiger partial charge on any atom is 0.472 e. The molecular weight excluding hydrogens is 599 g/mol. The minimum atomic E-state index is -4.31. The van der Waals surface area contributed by atoms with E-state index in [-0.39, 0.29) is 19.1 Å². The Bertz CT molecular complexity index is 855. The number of carbonyl (C=O) groups excluding carboxylic acids is 1. The number of phosphoric acid groups is 1. The predicted octanol–water partition coefficient (Wildman–Crippen LogP) is 9.18. The minimum absolute atomic E-state index is 0.0515. The highest BCUT2D eigenvalue weighted by atomic mass is 31.2. The Balaban J connectivity index is 4.09. The van der Waals surface area contributed by atoms with Gasteiger partial charge < -0.3 is 19.8 Å². The van der Waals surface area contributed by atoms with E-state index in [0.717, 1.165) is 25.7 Å². The average molecular weight is 672 g/mol. The van der Waals surface area contributed by atoms with Crippen LogP contribution in [0.5, 0.6) is 0 Å². The van der Waals surface area contributed by atoms with Crippen LogP contribution >= 0.6 is 7.82 Å². The average Bonchev–Trinajstić information content (AvgIpc) is 2.98. The van der Waals surface area contributed by atoms with E-state index in [1.165, 1.54) is 89.9 Å². The van der Waals surface area contributed by atoms with Crippen LogP contribution in [-0.2, 0) is 18.4 Å². The van der Waals surface area contributed by atoms with Crippen LogP contribution in [0.2, 0.25) is 0 Å². The summed E-state index contributed by atoms with van der Waals surface area (Å²) in [5, 5.41) is 13.4. The smallest absolute Gasteiger partial charge is 0.387 e. The van der Waals surface area contributed by atoms with Gasteiger partial charge in [0.1, 0.15) is 13.2 Å². The Kier molecular flexibility index (Phi) is 29.0. The molecule has 9 heteroatoms. The lowest BCUT2D eigenvalue weighted by Crippen LogP contribution is -2.45. The van der Waals surface area contributed by atoms with E-state index in [4.69, 9.17) is 9.05 Å². The van der Waals surface area contributed by atoms with Crippen LogP contribution in [0.25, 0.3) is 0 Å². The zero-order chi connectivity index (χ0) is 34.4. The third-order valence-corrected chi connectivity index (χ3v) is 8.79. The standard InChI is InChI=1S/C37H71N2O6P/c1-6-8-9-10-11-12-13-14-15-16-17-18-19-20-21-22-23-24-25-26-27-28-29-31-36(40)35(38-37(41)30-7-2)34-45-46(42,43)44-33-32-39(3,4)5/h21-22,25-26,29,31,35-36,40H,6-20,23-24,27-28,30,32-34H2,1-5H3,(H-,38,41,42,43)/p+1/b22-21+,26-25+,31-29+. The maximum atomic E-state index is 12.3. The molecule has 0 heterocycles. The Morgan fingerprint density at radius 1 is 0.717 bits per heavy atom. The van der Waals surface area contributed by atoms with Crippen LogP contribution in [0.3, 0.4) is 0 Å². The second kappa shape index (κ2) is 29.8. The summed E-state index contributed by atoms with van der Waals surface area (Å²) < 4.78 is 23.0. The normalized spacial score (nSPS) is 15.2. The zero-order valence-electron chi connectivity index (χ0n) is 30.3. The van der Waals surface area contributed by atoms with Crippen molar-refractivity contribution in [2.75, 3.05) is 40.9 Å². The number of likely N-dealkylation sites (N-methyl/N-ethyl adjacent to an activating group) is 1. The molecule has 46 heavy (non-hydrogen) atoms. The summed E-state index contributed by atoms with van der Waals surface area (Å²) >= 11 is 0. The number of allylic oxidation sites excluding steroid dienone is 5. The molecule has 3 unspecified atom stereocenters. The number of unbranched alkanes of at least 4 members (excludes halogenated alkanes) is 15. The van der Waals surface area contributed by atoms with E-state index >= 15 is 0 Å². The molecule has 0 aliphatic heterocycles. The van der Waals surface area contributed by atoms with E-state index in [9.17, 15) is 19.4 Å². The topological polar surface area (TPSA) is 105 Å². The Morgan fingerprint density at radius 3 is 1.70 bits per heavy atom. The van der Waals surface area contributed by atoms with E-state index in [0.29, 0.717) is 23.9 Å². The molecule has 0 aromatic rings. The highest BCUT2D eigenvalue weighted by molar-refractivity contribution is 7.47. The van der Waals surface area contributed by atoms with Gasteiger partial charge in [-0.3, -0.25) is 13.8 Å². The van der Waals surface area contributed by atoms with Gasteiger partial charge in [-0.1, -0.05) is 127 Å². The molecule has 3 N–H and O–H groups in total. The van der Waals surface area contributed by atoms with Gasteiger partial charge in [0.15, 0.2) is 0 Å². The van der Waals surface area contributed by atoms with Crippen molar-refractivity contribution in [2.24, 2.45) is 0 Å². The second-order valence-corrected chi connectivity index (χ2v) is 15.0. The van der Waals surface area contributed by atoms with Crippen LogP contribution in [0.15, 0.2) is 36.5 Å². The first-order valence-corrected chi connectivity index (χ1v) is 19.9. The number of rotatable bonds is 32.